The summed E-state index contributed by atoms with van der Waals surface area (Å²) in [6, 6.07) is 0. The van der Waals surface area contributed by atoms with Crippen molar-refractivity contribution in [1.29, 1.82) is 0 Å². The summed E-state index contributed by atoms with van der Waals surface area (Å²) < 4.78 is 21.6. The SMILES string of the molecule is CCCOCCOC(COCCOCC)COOC. The predicted octanol–water partition coefficient (Wildman–Crippen LogP) is 1.43. The Balaban J connectivity index is 3.57. The van der Waals surface area contributed by atoms with Crippen molar-refractivity contribution in [3.63, 3.8) is 0 Å². The summed E-state index contributed by atoms with van der Waals surface area (Å²) in [7, 11) is 1.47. The largest absolute Gasteiger partial charge is 0.379 e. The van der Waals surface area contributed by atoms with Gasteiger partial charge in [0.05, 0.1) is 40.1 Å². The van der Waals surface area contributed by atoms with Gasteiger partial charge in [0.1, 0.15) is 12.7 Å². The van der Waals surface area contributed by atoms with Crippen LogP contribution in [0, 0.1) is 0 Å². The zero-order valence-electron chi connectivity index (χ0n) is 12.4. The Morgan fingerprint density at radius 1 is 0.789 bits per heavy atom. The van der Waals surface area contributed by atoms with E-state index in [0.29, 0.717) is 46.2 Å². The van der Waals surface area contributed by atoms with Crippen molar-refractivity contribution in [2.45, 2.75) is 26.4 Å². The van der Waals surface area contributed by atoms with Crippen LogP contribution in [-0.4, -0.2) is 66.1 Å². The molecule has 0 aromatic carbocycles. The van der Waals surface area contributed by atoms with Gasteiger partial charge in [-0.15, -0.1) is 0 Å². The number of ether oxygens (including phenoxy) is 4. The van der Waals surface area contributed by atoms with E-state index in [1.807, 2.05) is 6.92 Å². The zero-order chi connectivity index (χ0) is 14.2. The Morgan fingerprint density at radius 2 is 1.53 bits per heavy atom. The summed E-state index contributed by atoms with van der Waals surface area (Å²) in [6.45, 7) is 8.50. The smallest absolute Gasteiger partial charge is 0.111 e. The van der Waals surface area contributed by atoms with Crippen LogP contribution in [-0.2, 0) is 28.7 Å². The molecule has 1 unspecified atom stereocenters. The van der Waals surface area contributed by atoms with Crippen LogP contribution < -0.4 is 0 Å². The third kappa shape index (κ3) is 14.0. The van der Waals surface area contributed by atoms with E-state index in [1.165, 1.54) is 7.11 Å². The Hall–Kier alpha value is -0.240. The fraction of sp³-hybridized carbons (Fsp3) is 1.00. The van der Waals surface area contributed by atoms with Gasteiger partial charge in [-0.1, -0.05) is 6.92 Å². The molecule has 116 valence electrons. The first-order chi connectivity index (χ1) is 9.35. The standard InChI is InChI=1S/C13H28O6/c1-4-6-16-9-10-18-13(12-19-14-3)11-17-8-7-15-5-2/h13H,4-12H2,1-3H3. The van der Waals surface area contributed by atoms with E-state index in [-0.39, 0.29) is 6.10 Å². The molecule has 0 amide bonds. The highest BCUT2D eigenvalue weighted by atomic mass is 17.2. The van der Waals surface area contributed by atoms with Crippen LogP contribution in [0.2, 0.25) is 0 Å². The molecule has 0 fully saturated rings. The lowest BCUT2D eigenvalue weighted by molar-refractivity contribution is -0.290. The lowest BCUT2D eigenvalue weighted by Gasteiger charge is -2.17. The Labute approximate surface area is 116 Å². The van der Waals surface area contributed by atoms with E-state index < -0.39 is 0 Å². The summed E-state index contributed by atoms with van der Waals surface area (Å²) in [5.74, 6) is 0. The Kier molecular flexibility index (Phi) is 15.6. The average molecular weight is 280 g/mol. The van der Waals surface area contributed by atoms with Gasteiger partial charge in [-0.2, -0.15) is 0 Å². The summed E-state index contributed by atoms with van der Waals surface area (Å²) in [5.41, 5.74) is 0. The molecule has 0 aliphatic rings. The second-order valence-corrected chi connectivity index (χ2v) is 3.83. The van der Waals surface area contributed by atoms with E-state index in [9.17, 15) is 0 Å². The van der Waals surface area contributed by atoms with Gasteiger partial charge in [-0.25, -0.2) is 9.78 Å². The second-order valence-electron chi connectivity index (χ2n) is 3.83. The van der Waals surface area contributed by atoms with Crippen LogP contribution in [0.15, 0.2) is 0 Å². The minimum Gasteiger partial charge on any atom is -0.379 e. The third-order valence-corrected chi connectivity index (χ3v) is 2.18. The molecular formula is C13H28O6. The maximum atomic E-state index is 5.60. The summed E-state index contributed by atoms with van der Waals surface area (Å²) in [5, 5.41) is 0. The third-order valence-electron chi connectivity index (χ3n) is 2.18. The minimum atomic E-state index is -0.160. The Bertz CT molecular complexity index is 153. The van der Waals surface area contributed by atoms with Crippen molar-refractivity contribution in [3.8, 4) is 0 Å². The molecule has 0 aromatic rings. The van der Waals surface area contributed by atoms with E-state index in [2.05, 4.69) is 11.8 Å². The average Bonchev–Trinajstić information content (AvgIpc) is 2.43. The van der Waals surface area contributed by atoms with Crippen LogP contribution in [0.4, 0.5) is 0 Å². The summed E-state index contributed by atoms with van der Waals surface area (Å²) >= 11 is 0. The van der Waals surface area contributed by atoms with Gasteiger partial charge in [-0.05, 0) is 13.3 Å². The Morgan fingerprint density at radius 3 is 2.21 bits per heavy atom. The van der Waals surface area contributed by atoms with E-state index in [4.69, 9.17) is 23.8 Å². The molecule has 0 spiro atoms. The maximum absolute atomic E-state index is 5.60. The van der Waals surface area contributed by atoms with Gasteiger partial charge < -0.3 is 18.9 Å². The first kappa shape index (κ1) is 18.8. The van der Waals surface area contributed by atoms with Gasteiger partial charge in [0.15, 0.2) is 0 Å². The summed E-state index contributed by atoms with van der Waals surface area (Å²) in [4.78, 5) is 9.45. The van der Waals surface area contributed by atoms with Crippen molar-refractivity contribution >= 4 is 0 Å². The molecule has 0 N–H and O–H groups in total. The van der Waals surface area contributed by atoms with Crippen LogP contribution in [0.25, 0.3) is 0 Å². The lowest BCUT2D eigenvalue weighted by atomic mass is 10.4. The molecular weight excluding hydrogens is 252 g/mol. The number of hydrogen-bond acceptors (Lipinski definition) is 6. The molecule has 1 atom stereocenters. The van der Waals surface area contributed by atoms with Crippen LogP contribution in [0.1, 0.15) is 20.3 Å². The molecule has 0 aliphatic carbocycles. The molecule has 0 heterocycles. The first-order valence-corrected chi connectivity index (χ1v) is 6.85. The maximum Gasteiger partial charge on any atom is 0.111 e. The number of hydrogen-bond donors (Lipinski definition) is 0. The van der Waals surface area contributed by atoms with Crippen LogP contribution in [0.3, 0.4) is 0 Å². The van der Waals surface area contributed by atoms with Gasteiger partial charge in [0.2, 0.25) is 0 Å². The topological polar surface area (TPSA) is 55.4 Å². The van der Waals surface area contributed by atoms with Crippen molar-refractivity contribution in [2.24, 2.45) is 0 Å². The van der Waals surface area contributed by atoms with Gasteiger partial charge >= 0.3 is 0 Å². The monoisotopic (exact) mass is 280 g/mol. The van der Waals surface area contributed by atoms with Crippen LogP contribution >= 0.6 is 0 Å². The van der Waals surface area contributed by atoms with E-state index in [1.54, 1.807) is 0 Å². The molecule has 0 rings (SSSR count). The highest BCUT2D eigenvalue weighted by molar-refractivity contribution is 4.54. The van der Waals surface area contributed by atoms with Gasteiger partial charge in [0.25, 0.3) is 0 Å². The molecule has 0 aliphatic heterocycles. The molecule has 19 heavy (non-hydrogen) atoms. The van der Waals surface area contributed by atoms with Crippen LogP contribution in [0.5, 0.6) is 0 Å². The highest BCUT2D eigenvalue weighted by Crippen LogP contribution is 1.96. The summed E-state index contributed by atoms with van der Waals surface area (Å²) in [6.07, 6.45) is 0.850. The quantitative estimate of drug-likeness (QED) is 0.257. The molecule has 0 saturated heterocycles. The fourth-order valence-electron chi connectivity index (χ4n) is 1.29. The predicted molar refractivity (Wildman–Crippen MR) is 71.1 cm³/mol. The van der Waals surface area contributed by atoms with E-state index in [0.717, 1.165) is 13.0 Å². The van der Waals surface area contributed by atoms with Crippen molar-refractivity contribution in [3.05, 3.63) is 0 Å². The molecule has 6 nitrogen and oxygen atoms in total. The minimum absolute atomic E-state index is 0.160. The van der Waals surface area contributed by atoms with Crippen molar-refractivity contribution in [1.82, 2.24) is 0 Å². The zero-order valence-corrected chi connectivity index (χ0v) is 12.4. The highest BCUT2D eigenvalue weighted by Gasteiger charge is 2.10. The normalized spacial score (nSPS) is 12.8. The lowest BCUT2D eigenvalue weighted by Crippen LogP contribution is -2.28. The van der Waals surface area contributed by atoms with Gasteiger partial charge in [-0.3, -0.25) is 0 Å². The van der Waals surface area contributed by atoms with Crippen molar-refractivity contribution in [2.75, 3.05) is 60.0 Å². The van der Waals surface area contributed by atoms with E-state index >= 15 is 0 Å². The molecule has 0 radical (unpaired) electrons. The molecule has 6 heteroatoms. The fourth-order valence-corrected chi connectivity index (χ4v) is 1.29. The second kappa shape index (κ2) is 15.8. The number of rotatable bonds is 15. The molecule has 0 bridgehead atoms. The van der Waals surface area contributed by atoms with Crippen molar-refractivity contribution < 1.29 is 28.7 Å². The molecule has 0 saturated carbocycles. The molecule has 0 aromatic heterocycles. The first-order valence-electron chi connectivity index (χ1n) is 6.85. The van der Waals surface area contributed by atoms with Gasteiger partial charge in [0, 0.05) is 13.2 Å².